The van der Waals surface area contributed by atoms with Crippen LogP contribution in [0.2, 0.25) is 0 Å². The molecule has 9 nitrogen and oxygen atoms in total. The maximum Gasteiger partial charge on any atom is 0.337 e. The van der Waals surface area contributed by atoms with Crippen molar-refractivity contribution in [2.75, 3.05) is 20.3 Å². The second kappa shape index (κ2) is 12.9. The molecule has 0 spiro atoms. The van der Waals surface area contributed by atoms with Crippen LogP contribution in [0.5, 0.6) is 11.5 Å². The second-order valence-corrected chi connectivity index (χ2v) is 11.7. The maximum atomic E-state index is 14.3. The van der Waals surface area contributed by atoms with Crippen LogP contribution in [0.4, 0.5) is 0 Å². The molecule has 0 bridgehead atoms. The summed E-state index contributed by atoms with van der Waals surface area (Å²) in [6.45, 7) is 7.31. The number of ether oxygens (including phenoxy) is 3. The van der Waals surface area contributed by atoms with E-state index in [1.807, 2.05) is 75.4 Å². The molecule has 0 aliphatic carbocycles. The van der Waals surface area contributed by atoms with Crippen molar-refractivity contribution in [1.29, 1.82) is 5.26 Å². The Kier molecular flexibility index (Phi) is 8.59. The molecular weight excluding hydrogens is 600 g/mol. The van der Waals surface area contributed by atoms with Gasteiger partial charge in [-0.2, -0.15) is 5.26 Å². The molecule has 0 saturated heterocycles. The molecule has 0 radical (unpaired) electrons. The van der Waals surface area contributed by atoms with Gasteiger partial charge in [0.25, 0.3) is 5.56 Å². The fourth-order valence-corrected chi connectivity index (χ4v) is 6.78. The number of benzene rings is 3. The lowest BCUT2D eigenvalue weighted by molar-refractivity contribution is -0.136. The Bertz CT molecular complexity index is 2220. The van der Waals surface area contributed by atoms with Gasteiger partial charge in [-0.1, -0.05) is 47.7 Å². The van der Waals surface area contributed by atoms with Crippen LogP contribution >= 0.6 is 11.3 Å². The number of hydrogen-bond donors (Lipinski definition) is 0. The second-order valence-electron chi connectivity index (χ2n) is 10.7. The van der Waals surface area contributed by atoms with Crippen LogP contribution in [0.1, 0.15) is 47.8 Å². The number of aromatic nitrogens is 2. The highest BCUT2D eigenvalue weighted by atomic mass is 32.1. The predicted octanol–water partition coefficient (Wildman–Crippen LogP) is 5.00. The number of hydrogen-bond acceptors (Lipinski definition) is 8. The fourth-order valence-electron chi connectivity index (χ4n) is 5.83. The Morgan fingerprint density at radius 2 is 1.78 bits per heavy atom. The highest BCUT2D eigenvalue weighted by Gasteiger charge is 2.31. The lowest BCUT2D eigenvalue weighted by atomic mass is 9.97. The molecule has 0 unspecified atom stereocenters. The van der Waals surface area contributed by atoms with E-state index in [9.17, 15) is 14.9 Å². The van der Waals surface area contributed by atoms with Crippen molar-refractivity contribution in [2.45, 2.75) is 33.4 Å². The van der Waals surface area contributed by atoms with Gasteiger partial charge in [0.05, 0.1) is 48.1 Å². The van der Waals surface area contributed by atoms with Crippen LogP contribution in [-0.4, -0.2) is 35.4 Å². The molecule has 0 amide bonds. The lowest BCUT2D eigenvalue weighted by Crippen LogP contribution is -2.39. The first-order valence-electron chi connectivity index (χ1n) is 14.9. The first kappa shape index (κ1) is 30.6. The third-order valence-corrected chi connectivity index (χ3v) is 8.98. The van der Waals surface area contributed by atoms with Gasteiger partial charge in [0, 0.05) is 34.9 Å². The summed E-state index contributed by atoms with van der Waals surface area (Å²) in [6.07, 6.45) is 3.40. The molecule has 1 aliphatic rings. The zero-order valence-electron chi connectivity index (χ0n) is 25.9. The topological polar surface area (TPSA) is 108 Å². The van der Waals surface area contributed by atoms with Gasteiger partial charge in [-0.15, -0.1) is 0 Å². The number of para-hydroxylation sites is 1. The molecule has 1 aliphatic heterocycles. The monoisotopic (exact) mass is 632 g/mol. The van der Waals surface area contributed by atoms with Gasteiger partial charge in [0.1, 0.15) is 0 Å². The van der Waals surface area contributed by atoms with Gasteiger partial charge < -0.3 is 18.8 Å². The largest absolute Gasteiger partial charge is 0.490 e. The zero-order valence-corrected chi connectivity index (χ0v) is 26.8. The number of carbonyl (C=O) groups is 1. The standard InChI is InChI=1S/C36H32N4O5S/c1-5-44-30-16-15-25(17-31(30)45-6-2)33-28(35(42)43-4)20-38-36-40(33)34(41)32(46-36)18-27-22(3)39(29-10-8-7-9-26(27)29)21-24-13-11-23(19-37)12-14-24/h7-18,20,33H,5-6,21H2,1-4H3/b32-18+/t33-/m0/s1. The van der Waals surface area contributed by atoms with Crippen molar-refractivity contribution in [3.63, 3.8) is 0 Å². The molecule has 0 N–H and O–H groups in total. The molecule has 10 heteroatoms. The zero-order chi connectivity index (χ0) is 32.4. The minimum absolute atomic E-state index is 0.239. The summed E-state index contributed by atoms with van der Waals surface area (Å²) in [4.78, 5) is 32.2. The number of nitrogens with zero attached hydrogens (tertiary/aromatic N) is 4. The van der Waals surface area contributed by atoms with E-state index in [1.165, 1.54) is 24.6 Å². The number of fused-ring (bicyclic) bond motifs is 2. The van der Waals surface area contributed by atoms with Crippen molar-refractivity contribution >= 4 is 34.3 Å². The molecule has 0 saturated carbocycles. The van der Waals surface area contributed by atoms with Crippen LogP contribution in [0.25, 0.3) is 17.0 Å². The van der Waals surface area contributed by atoms with Crippen molar-refractivity contribution in [1.82, 2.24) is 9.13 Å². The quantitative estimate of drug-likeness (QED) is 0.212. The SMILES string of the molecule is CCOc1ccc([C@H]2C(C(=O)OC)=CN=c3s/c(=C/c4c(C)n(Cc5ccc(C#N)cc5)c5ccccc45)c(=O)n32)cc1OCC. The summed E-state index contributed by atoms with van der Waals surface area (Å²) in [5, 5.41) is 10.2. The third kappa shape index (κ3) is 5.50. The summed E-state index contributed by atoms with van der Waals surface area (Å²) >= 11 is 1.27. The molecule has 0 fully saturated rings. The summed E-state index contributed by atoms with van der Waals surface area (Å²) < 4.78 is 21.0. The number of rotatable bonds is 9. The van der Waals surface area contributed by atoms with E-state index in [2.05, 4.69) is 21.7 Å². The highest BCUT2D eigenvalue weighted by molar-refractivity contribution is 7.07. The fraction of sp³-hybridized carbons (Fsp3) is 0.222. The van der Waals surface area contributed by atoms with Crippen molar-refractivity contribution in [3.05, 3.63) is 126 Å². The van der Waals surface area contributed by atoms with E-state index >= 15 is 0 Å². The number of esters is 1. The molecule has 6 rings (SSSR count). The number of methoxy groups -OCH3 is 1. The molecule has 5 aromatic rings. The van der Waals surface area contributed by atoms with Gasteiger partial charge in [0.15, 0.2) is 16.3 Å². The smallest absolute Gasteiger partial charge is 0.337 e. The number of carbonyl (C=O) groups excluding carboxylic acids is 1. The highest BCUT2D eigenvalue weighted by Crippen LogP contribution is 2.35. The van der Waals surface area contributed by atoms with E-state index in [1.54, 1.807) is 16.7 Å². The minimum atomic E-state index is -0.778. The van der Waals surface area contributed by atoms with Gasteiger partial charge >= 0.3 is 5.97 Å². The Hall–Kier alpha value is -5.40. The van der Waals surface area contributed by atoms with Gasteiger partial charge in [0.2, 0.25) is 0 Å². The molecule has 3 heterocycles. The van der Waals surface area contributed by atoms with E-state index in [4.69, 9.17) is 14.2 Å². The average molecular weight is 633 g/mol. The van der Waals surface area contributed by atoms with Crippen molar-refractivity contribution in [2.24, 2.45) is 4.99 Å². The maximum absolute atomic E-state index is 14.3. The van der Waals surface area contributed by atoms with Crippen LogP contribution < -0.4 is 24.4 Å². The predicted molar refractivity (Wildman–Crippen MR) is 177 cm³/mol. The molecule has 1 atom stereocenters. The summed E-state index contributed by atoms with van der Waals surface area (Å²) in [5.74, 6) is 0.532. The molecule has 2 aromatic heterocycles. The molecule has 3 aromatic carbocycles. The Morgan fingerprint density at radius 3 is 2.50 bits per heavy atom. The first-order chi connectivity index (χ1) is 22.4. The van der Waals surface area contributed by atoms with Crippen molar-refractivity contribution in [3.8, 4) is 17.6 Å². The van der Waals surface area contributed by atoms with E-state index in [0.29, 0.717) is 51.7 Å². The van der Waals surface area contributed by atoms with Crippen LogP contribution in [0.3, 0.4) is 0 Å². The van der Waals surface area contributed by atoms with Crippen molar-refractivity contribution < 1.29 is 19.0 Å². The van der Waals surface area contributed by atoms with Crippen LogP contribution in [0, 0.1) is 18.3 Å². The number of thiazole rings is 1. The van der Waals surface area contributed by atoms with Gasteiger partial charge in [-0.25, -0.2) is 9.79 Å². The van der Waals surface area contributed by atoms with Crippen LogP contribution in [0.15, 0.2) is 88.3 Å². The Balaban J connectivity index is 1.50. The minimum Gasteiger partial charge on any atom is -0.490 e. The summed E-state index contributed by atoms with van der Waals surface area (Å²) in [6, 6.07) is 22.5. The Labute approximate surface area is 269 Å². The summed E-state index contributed by atoms with van der Waals surface area (Å²) in [5.41, 5.74) is 5.27. The molecular formula is C36H32N4O5S. The van der Waals surface area contributed by atoms with Gasteiger partial charge in [-0.05, 0) is 68.3 Å². The lowest BCUT2D eigenvalue weighted by Gasteiger charge is -2.23. The Morgan fingerprint density at radius 1 is 1.04 bits per heavy atom. The third-order valence-electron chi connectivity index (χ3n) is 7.99. The van der Waals surface area contributed by atoms with Crippen LogP contribution in [-0.2, 0) is 16.1 Å². The summed E-state index contributed by atoms with van der Waals surface area (Å²) in [7, 11) is 1.31. The van der Waals surface area contributed by atoms with E-state index in [0.717, 1.165) is 27.7 Å². The number of nitriles is 1. The van der Waals surface area contributed by atoms with E-state index < -0.39 is 12.0 Å². The molecule has 46 heavy (non-hydrogen) atoms. The van der Waals surface area contributed by atoms with E-state index in [-0.39, 0.29) is 11.1 Å². The first-order valence-corrected chi connectivity index (χ1v) is 15.8. The normalized spacial score (nSPS) is 14.3. The molecule has 232 valence electrons. The average Bonchev–Trinajstić information content (AvgIpc) is 3.54. The van der Waals surface area contributed by atoms with Gasteiger partial charge in [-0.3, -0.25) is 9.36 Å².